The fourth-order valence-electron chi connectivity index (χ4n) is 4.73. The molecule has 1 fully saturated rings. The molecule has 0 atom stereocenters. The maximum atomic E-state index is 13.3. The van der Waals surface area contributed by atoms with E-state index < -0.39 is 17.2 Å². The SMILES string of the molecule is CNC(=O)c1cn(C2CCCCC2)cc(C(=O)NCC(c2ccccc2)c2ccccc2)c1=O. The number of pyridine rings is 1. The van der Waals surface area contributed by atoms with E-state index in [2.05, 4.69) is 10.6 Å². The van der Waals surface area contributed by atoms with Crippen molar-refractivity contribution in [1.82, 2.24) is 15.2 Å². The molecule has 34 heavy (non-hydrogen) atoms. The van der Waals surface area contributed by atoms with E-state index in [1.165, 1.54) is 13.5 Å². The van der Waals surface area contributed by atoms with Crippen molar-refractivity contribution < 1.29 is 9.59 Å². The van der Waals surface area contributed by atoms with Crippen molar-refractivity contribution in [1.29, 1.82) is 0 Å². The zero-order chi connectivity index (χ0) is 23.9. The van der Waals surface area contributed by atoms with Gasteiger partial charge in [0.1, 0.15) is 11.1 Å². The Kier molecular flexibility index (Phi) is 7.58. The topological polar surface area (TPSA) is 80.2 Å². The van der Waals surface area contributed by atoms with Crippen molar-refractivity contribution >= 4 is 11.8 Å². The highest BCUT2D eigenvalue weighted by atomic mass is 16.2. The standard InChI is InChI=1S/C28H31N3O3/c1-29-27(33)24-18-31(22-15-9-4-10-16-22)19-25(26(24)32)28(34)30-17-23(20-11-5-2-6-12-20)21-13-7-3-8-14-21/h2-3,5-8,11-14,18-19,22-23H,4,9-10,15-17H2,1H3,(H,29,33)(H,30,34). The van der Waals surface area contributed by atoms with Crippen molar-refractivity contribution in [2.24, 2.45) is 0 Å². The Bertz CT molecular complexity index is 1140. The van der Waals surface area contributed by atoms with Gasteiger partial charge >= 0.3 is 0 Å². The minimum absolute atomic E-state index is 0.00314. The molecule has 6 heteroatoms. The molecule has 0 bridgehead atoms. The first kappa shape index (κ1) is 23.5. The first-order chi connectivity index (χ1) is 16.6. The molecule has 4 rings (SSSR count). The van der Waals surface area contributed by atoms with Gasteiger partial charge in [-0.1, -0.05) is 79.9 Å². The largest absolute Gasteiger partial charge is 0.355 e. The molecule has 6 nitrogen and oxygen atoms in total. The highest BCUT2D eigenvalue weighted by Crippen LogP contribution is 2.28. The summed E-state index contributed by atoms with van der Waals surface area (Å²) in [5, 5.41) is 5.49. The highest BCUT2D eigenvalue weighted by Gasteiger charge is 2.23. The third kappa shape index (κ3) is 5.28. The summed E-state index contributed by atoms with van der Waals surface area (Å²) in [7, 11) is 1.49. The second-order valence-electron chi connectivity index (χ2n) is 8.82. The zero-order valence-corrected chi connectivity index (χ0v) is 19.5. The normalized spacial score (nSPS) is 14.1. The van der Waals surface area contributed by atoms with Gasteiger partial charge in [-0.3, -0.25) is 14.4 Å². The molecule has 1 heterocycles. The van der Waals surface area contributed by atoms with Crippen molar-refractivity contribution in [3.05, 3.63) is 106 Å². The number of aromatic nitrogens is 1. The summed E-state index contributed by atoms with van der Waals surface area (Å²) in [5.41, 5.74) is 1.62. The predicted octanol–water partition coefficient (Wildman–Crippen LogP) is 4.28. The zero-order valence-electron chi connectivity index (χ0n) is 19.5. The number of hydrogen-bond donors (Lipinski definition) is 2. The van der Waals surface area contributed by atoms with E-state index in [1.807, 2.05) is 65.2 Å². The van der Waals surface area contributed by atoms with Gasteiger partial charge in [0.15, 0.2) is 0 Å². The molecule has 0 spiro atoms. The van der Waals surface area contributed by atoms with Gasteiger partial charge in [-0.15, -0.1) is 0 Å². The Labute approximate surface area is 200 Å². The second kappa shape index (κ2) is 11.0. The number of hydrogen-bond acceptors (Lipinski definition) is 3. The van der Waals surface area contributed by atoms with Gasteiger partial charge in [0.2, 0.25) is 5.43 Å². The smallest absolute Gasteiger partial charge is 0.256 e. The summed E-state index contributed by atoms with van der Waals surface area (Å²) in [6, 6.07) is 20.1. The van der Waals surface area contributed by atoms with Crippen molar-refractivity contribution in [2.75, 3.05) is 13.6 Å². The molecule has 0 unspecified atom stereocenters. The maximum absolute atomic E-state index is 13.3. The van der Waals surface area contributed by atoms with E-state index in [0.29, 0.717) is 6.54 Å². The quantitative estimate of drug-likeness (QED) is 0.556. The predicted molar refractivity (Wildman–Crippen MR) is 133 cm³/mol. The molecule has 3 aromatic rings. The van der Waals surface area contributed by atoms with Crippen LogP contribution < -0.4 is 16.1 Å². The monoisotopic (exact) mass is 457 g/mol. The Morgan fingerprint density at radius 3 is 1.91 bits per heavy atom. The summed E-state index contributed by atoms with van der Waals surface area (Å²) in [5.74, 6) is -0.998. The lowest BCUT2D eigenvalue weighted by atomic mass is 9.91. The van der Waals surface area contributed by atoms with Crippen LogP contribution in [0.3, 0.4) is 0 Å². The number of benzene rings is 2. The minimum atomic E-state index is -0.542. The third-order valence-electron chi connectivity index (χ3n) is 6.63. The van der Waals surface area contributed by atoms with Crippen LogP contribution in [0.1, 0.15) is 75.9 Å². The van der Waals surface area contributed by atoms with Crippen LogP contribution in [0.15, 0.2) is 77.9 Å². The summed E-state index contributed by atoms with van der Waals surface area (Å²) >= 11 is 0. The van der Waals surface area contributed by atoms with E-state index in [9.17, 15) is 14.4 Å². The number of amides is 2. The fourth-order valence-corrected chi connectivity index (χ4v) is 4.73. The molecule has 176 valence electrons. The molecule has 1 saturated carbocycles. The molecular formula is C28H31N3O3. The maximum Gasteiger partial charge on any atom is 0.256 e. The lowest BCUT2D eigenvalue weighted by molar-refractivity contribution is 0.0950. The average molecular weight is 458 g/mol. The lowest BCUT2D eigenvalue weighted by Crippen LogP contribution is -2.36. The summed E-state index contributed by atoms with van der Waals surface area (Å²) in [6.45, 7) is 0.333. The third-order valence-corrected chi connectivity index (χ3v) is 6.63. The molecular weight excluding hydrogens is 426 g/mol. The number of nitrogens with zero attached hydrogens (tertiary/aromatic N) is 1. The minimum Gasteiger partial charge on any atom is -0.355 e. The van der Waals surface area contributed by atoms with Gasteiger partial charge < -0.3 is 15.2 Å². The summed E-state index contributed by atoms with van der Waals surface area (Å²) in [6.07, 6.45) is 8.56. The Morgan fingerprint density at radius 2 is 1.38 bits per heavy atom. The van der Waals surface area contributed by atoms with Crippen LogP contribution in [-0.2, 0) is 0 Å². The van der Waals surface area contributed by atoms with Crippen LogP contribution in [0.25, 0.3) is 0 Å². The molecule has 0 radical (unpaired) electrons. The molecule has 1 aromatic heterocycles. The van der Waals surface area contributed by atoms with E-state index in [1.54, 1.807) is 12.4 Å². The van der Waals surface area contributed by atoms with E-state index in [0.717, 1.165) is 36.8 Å². The van der Waals surface area contributed by atoms with E-state index >= 15 is 0 Å². The second-order valence-corrected chi connectivity index (χ2v) is 8.82. The highest BCUT2D eigenvalue weighted by molar-refractivity contribution is 5.99. The molecule has 2 N–H and O–H groups in total. The van der Waals surface area contributed by atoms with Crippen molar-refractivity contribution in [3.63, 3.8) is 0 Å². The van der Waals surface area contributed by atoms with Gasteiger partial charge in [-0.25, -0.2) is 0 Å². The molecule has 1 aliphatic rings. The summed E-state index contributed by atoms with van der Waals surface area (Å²) in [4.78, 5) is 38.8. The van der Waals surface area contributed by atoms with Gasteiger partial charge in [0.05, 0.1) is 0 Å². The van der Waals surface area contributed by atoms with Crippen LogP contribution >= 0.6 is 0 Å². The Balaban J connectivity index is 1.63. The van der Waals surface area contributed by atoms with Crippen LogP contribution in [0, 0.1) is 0 Å². The fraction of sp³-hybridized carbons (Fsp3) is 0.321. The number of rotatable bonds is 7. The van der Waals surface area contributed by atoms with E-state index in [4.69, 9.17) is 0 Å². The lowest BCUT2D eigenvalue weighted by Gasteiger charge is -2.25. The van der Waals surface area contributed by atoms with Gasteiger partial charge in [0, 0.05) is 37.9 Å². The first-order valence-electron chi connectivity index (χ1n) is 11.9. The number of carbonyl (C=O) groups excluding carboxylic acids is 2. The molecule has 2 aromatic carbocycles. The number of carbonyl (C=O) groups is 2. The van der Waals surface area contributed by atoms with Crippen LogP contribution in [0.4, 0.5) is 0 Å². The van der Waals surface area contributed by atoms with E-state index in [-0.39, 0.29) is 23.1 Å². The average Bonchev–Trinajstić information content (AvgIpc) is 2.90. The molecule has 0 aliphatic heterocycles. The first-order valence-corrected chi connectivity index (χ1v) is 11.9. The Hall–Kier alpha value is -3.67. The Morgan fingerprint density at radius 1 is 0.853 bits per heavy atom. The van der Waals surface area contributed by atoms with Crippen molar-refractivity contribution in [3.8, 4) is 0 Å². The van der Waals surface area contributed by atoms with Crippen LogP contribution in [0.2, 0.25) is 0 Å². The molecule has 0 saturated heterocycles. The van der Waals surface area contributed by atoms with Gasteiger partial charge in [0.25, 0.3) is 11.8 Å². The molecule has 2 amide bonds. The van der Waals surface area contributed by atoms with Crippen LogP contribution in [-0.4, -0.2) is 30.0 Å². The van der Waals surface area contributed by atoms with Crippen molar-refractivity contribution in [2.45, 2.75) is 44.1 Å². The number of nitrogens with one attached hydrogen (secondary N) is 2. The van der Waals surface area contributed by atoms with Gasteiger partial charge in [-0.05, 0) is 24.0 Å². The van der Waals surface area contributed by atoms with Gasteiger partial charge in [-0.2, -0.15) is 0 Å². The summed E-state index contributed by atoms with van der Waals surface area (Å²) < 4.78 is 1.89. The molecule has 1 aliphatic carbocycles. The van der Waals surface area contributed by atoms with Crippen LogP contribution in [0.5, 0.6) is 0 Å².